The summed E-state index contributed by atoms with van der Waals surface area (Å²) in [7, 11) is 6.66. The highest BCUT2D eigenvalue weighted by Crippen LogP contribution is 2.27. The lowest BCUT2D eigenvalue weighted by Crippen LogP contribution is -2.36. The molecule has 7 heteroatoms. The van der Waals surface area contributed by atoms with Gasteiger partial charge in [-0.3, -0.25) is 4.99 Å². The quantitative estimate of drug-likeness (QED) is 0.362. The largest absolute Gasteiger partial charge is 0.493 e. The molecule has 2 N–H and O–H groups in total. The Balaban J connectivity index is 1.96. The summed E-state index contributed by atoms with van der Waals surface area (Å²) in [4.78, 5) is 4.29. The van der Waals surface area contributed by atoms with E-state index in [0.717, 1.165) is 22.4 Å². The van der Waals surface area contributed by atoms with Gasteiger partial charge < -0.3 is 29.6 Å². The Hall–Kier alpha value is -2.93. The molecule has 29 heavy (non-hydrogen) atoms. The van der Waals surface area contributed by atoms with Crippen molar-refractivity contribution in [1.29, 1.82) is 0 Å². The molecule has 0 bridgehead atoms. The summed E-state index contributed by atoms with van der Waals surface area (Å²) in [5, 5.41) is 6.64. The van der Waals surface area contributed by atoms with Crippen LogP contribution < -0.4 is 24.8 Å². The Morgan fingerprint density at radius 2 is 1.62 bits per heavy atom. The molecule has 7 nitrogen and oxygen atoms in total. The number of aryl methyl sites for hydroxylation is 1. The number of hydrogen-bond acceptors (Lipinski definition) is 5. The number of aliphatic imine (C=N–C) groups is 1. The van der Waals surface area contributed by atoms with Crippen LogP contribution in [0.4, 0.5) is 0 Å². The van der Waals surface area contributed by atoms with Crippen LogP contribution in [0, 0.1) is 6.92 Å². The first-order valence-electron chi connectivity index (χ1n) is 9.48. The van der Waals surface area contributed by atoms with Gasteiger partial charge in [0.05, 0.1) is 20.8 Å². The van der Waals surface area contributed by atoms with E-state index in [1.165, 1.54) is 0 Å². The molecule has 2 aromatic carbocycles. The summed E-state index contributed by atoms with van der Waals surface area (Å²) in [5.41, 5.74) is 3.27. The minimum atomic E-state index is 0.513. The van der Waals surface area contributed by atoms with E-state index >= 15 is 0 Å². The van der Waals surface area contributed by atoms with Crippen molar-refractivity contribution in [3.8, 4) is 17.2 Å². The number of guanidine groups is 1. The maximum atomic E-state index is 5.85. The third kappa shape index (κ3) is 6.87. The monoisotopic (exact) mass is 401 g/mol. The minimum Gasteiger partial charge on any atom is -0.493 e. The van der Waals surface area contributed by atoms with Gasteiger partial charge in [0, 0.05) is 32.8 Å². The van der Waals surface area contributed by atoms with Crippen molar-refractivity contribution in [3.63, 3.8) is 0 Å². The molecule has 0 heterocycles. The average molecular weight is 402 g/mol. The Kier molecular flexibility index (Phi) is 9.11. The SMILES string of the molecule is CN=C(NCc1ccc(OC)c(OC)c1)NCc1ccc(C)cc1OCCOC. The van der Waals surface area contributed by atoms with E-state index in [1.54, 1.807) is 28.4 Å². The number of benzene rings is 2. The fraction of sp³-hybridized carbons (Fsp3) is 0.409. The van der Waals surface area contributed by atoms with Crippen LogP contribution in [0.2, 0.25) is 0 Å². The molecule has 0 aliphatic carbocycles. The van der Waals surface area contributed by atoms with E-state index in [2.05, 4.69) is 27.8 Å². The Morgan fingerprint density at radius 3 is 2.31 bits per heavy atom. The van der Waals surface area contributed by atoms with Gasteiger partial charge in [-0.1, -0.05) is 18.2 Å². The fourth-order valence-corrected chi connectivity index (χ4v) is 2.75. The van der Waals surface area contributed by atoms with Gasteiger partial charge in [0.2, 0.25) is 0 Å². The van der Waals surface area contributed by atoms with Gasteiger partial charge in [-0.25, -0.2) is 0 Å². The summed E-state index contributed by atoms with van der Waals surface area (Å²) in [6.45, 7) is 4.30. The molecule has 2 aromatic rings. The number of methoxy groups -OCH3 is 3. The molecule has 0 atom stereocenters. The average Bonchev–Trinajstić information content (AvgIpc) is 2.74. The third-order valence-electron chi connectivity index (χ3n) is 4.35. The molecule has 0 saturated heterocycles. The molecule has 2 rings (SSSR count). The Bertz CT molecular complexity index is 809. The smallest absolute Gasteiger partial charge is 0.191 e. The molecular weight excluding hydrogens is 370 g/mol. The van der Waals surface area contributed by atoms with Crippen LogP contribution in [0.15, 0.2) is 41.4 Å². The van der Waals surface area contributed by atoms with Gasteiger partial charge in [-0.15, -0.1) is 0 Å². The molecule has 0 radical (unpaired) electrons. The minimum absolute atomic E-state index is 0.513. The van der Waals surface area contributed by atoms with E-state index in [9.17, 15) is 0 Å². The molecule has 0 spiro atoms. The van der Waals surface area contributed by atoms with Crippen LogP contribution in [0.3, 0.4) is 0 Å². The lowest BCUT2D eigenvalue weighted by atomic mass is 10.1. The van der Waals surface area contributed by atoms with Crippen LogP contribution >= 0.6 is 0 Å². The maximum absolute atomic E-state index is 5.85. The van der Waals surface area contributed by atoms with Gasteiger partial charge in [-0.2, -0.15) is 0 Å². The highest BCUT2D eigenvalue weighted by molar-refractivity contribution is 5.79. The summed E-state index contributed by atoms with van der Waals surface area (Å²) >= 11 is 0. The van der Waals surface area contributed by atoms with Crippen LogP contribution in [0.25, 0.3) is 0 Å². The summed E-state index contributed by atoms with van der Waals surface area (Å²) in [5.74, 6) is 2.96. The highest BCUT2D eigenvalue weighted by Gasteiger charge is 2.08. The van der Waals surface area contributed by atoms with Crippen LogP contribution in [0.5, 0.6) is 17.2 Å². The molecular formula is C22H31N3O4. The van der Waals surface area contributed by atoms with Gasteiger partial charge in [-0.05, 0) is 36.2 Å². The molecule has 158 valence electrons. The zero-order valence-corrected chi connectivity index (χ0v) is 17.9. The van der Waals surface area contributed by atoms with E-state index in [0.29, 0.717) is 43.8 Å². The normalized spacial score (nSPS) is 11.1. The van der Waals surface area contributed by atoms with Crippen molar-refractivity contribution in [2.75, 3.05) is 41.6 Å². The molecule has 0 aliphatic rings. The zero-order valence-electron chi connectivity index (χ0n) is 17.9. The number of rotatable bonds is 10. The lowest BCUT2D eigenvalue weighted by molar-refractivity contribution is 0.145. The fourth-order valence-electron chi connectivity index (χ4n) is 2.75. The Morgan fingerprint density at radius 1 is 0.862 bits per heavy atom. The second-order valence-electron chi connectivity index (χ2n) is 6.42. The lowest BCUT2D eigenvalue weighted by Gasteiger charge is -2.16. The summed E-state index contributed by atoms with van der Waals surface area (Å²) < 4.78 is 21.6. The van der Waals surface area contributed by atoms with Gasteiger partial charge >= 0.3 is 0 Å². The summed E-state index contributed by atoms with van der Waals surface area (Å²) in [6.07, 6.45) is 0. The van der Waals surface area contributed by atoms with Crippen molar-refractivity contribution in [3.05, 3.63) is 53.1 Å². The van der Waals surface area contributed by atoms with E-state index in [4.69, 9.17) is 18.9 Å². The molecule has 0 unspecified atom stereocenters. The first-order chi connectivity index (χ1) is 14.1. The molecule has 0 saturated carbocycles. The van der Waals surface area contributed by atoms with E-state index in [-0.39, 0.29) is 0 Å². The van der Waals surface area contributed by atoms with Crippen LogP contribution in [-0.4, -0.2) is 47.6 Å². The standard InChI is InChI=1S/C22H31N3O4/c1-16-6-8-18(20(12-16)29-11-10-26-3)15-25-22(23-2)24-14-17-7-9-19(27-4)21(13-17)28-5/h6-9,12-13H,10-11,14-15H2,1-5H3,(H2,23,24,25). The summed E-state index contributed by atoms with van der Waals surface area (Å²) in [6, 6.07) is 12.0. The second kappa shape index (κ2) is 11.8. The van der Waals surface area contributed by atoms with Gasteiger partial charge in [0.15, 0.2) is 17.5 Å². The Labute approximate surface area is 173 Å². The predicted octanol–water partition coefficient (Wildman–Crippen LogP) is 2.90. The highest BCUT2D eigenvalue weighted by atomic mass is 16.5. The number of ether oxygens (including phenoxy) is 4. The third-order valence-corrected chi connectivity index (χ3v) is 4.35. The maximum Gasteiger partial charge on any atom is 0.191 e. The molecule has 0 aliphatic heterocycles. The van der Waals surface area contributed by atoms with Crippen molar-refractivity contribution >= 4 is 5.96 Å². The number of nitrogens with one attached hydrogen (secondary N) is 2. The first kappa shape index (κ1) is 22.4. The second-order valence-corrected chi connectivity index (χ2v) is 6.42. The predicted molar refractivity (Wildman–Crippen MR) is 115 cm³/mol. The van der Waals surface area contributed by atoms with Gasteiger partial charge in [0.1, 0.15) is 12.4 Å². The van der Waals surface area contributed by atoms with Crippen LogP contribution in [-0.2, 0) is 17.8 Å². The zero-order chi connectivity index (χ0) is 21.1. The van der Waals surface area contributed by atoms with Crippen molar-refractivity contribution in [1.82, 2.24) is 10.6 Å². The van der Waals surface area contributed by atoms with E-state index < -0.39 is 0 Å². The molecule has 0 aromatic heterocycles. The van der Waals surface area contributed by atoms with Crippen LogP contribution in [0.1, 0.15) is 16.7 Å². The van der Waals surface area contributed by atoms with Gasteiger partial charge in [0.25, 0.3) is 0 Å². The topological polar surface area (TPSA) is 73.3 Å². The van der Waals surface area contributed by atoms with Crippen molar-refractivity contribution < 1.29 is 18.9 Å². The molecule has 0 fully saturated rings. The van der Waals surface area contributed by atoms with Crippen molar-refractivity contribution in [2.24, 2.45) is 4.99 Å². The first-order valence-corrected chi connectivity index (χ1v) is 9.48. The molecule has 0 amide bonds. The van der Waals surface area contributed by atoms with Crippen molar-refractivity contribution in [2.45, 2.75) is 20.0 Å². The van der Waals surface area contributed by atoms with E-state index in [1.807, 2.05) is 31.2 Å². The number of hydrogen-bond donors (Lipinski definition) is 2. The number of nitrogens with zero attached hydrogens (tertiary/aromatic N) is 1.